The number of piperazine rings is 1. The molecule has 1 aliphatic rings. The molecule has 0 unspecified atom stereocenters. The van der Waals surface area contributed by atoms with Gasteiger partial charge in [0, 0.05) is 36.4 Å². The number of carbonyl (C=O) groups is 1. The number of hydrogen-bond donors (Lipinski definition) is 0. The minimum absolute atomic E-state index is 0.187. The number of rotatable bonds is 1. The third kappa shape index (κ3) is 4.29. The highest BCUT2D eigenvalue weighted by atomic mass is 35.7. The number of ether oxygens (including phenoxy) is 1. The second-order valence-electron chi connectivity index (χ2n) is 5.33. The Balaban J connectivity index is 2.64. The maximum atomic E-state index is 11.8. The first-order chi connectivity index (χ1) is 8.00. The average Bonchev–Trinajstić information content (AvgIpc) is 2.12. The van der Waals surface area contributed by atoms with Crippen LogP contribution in [0.25, 0.3) is 0 Å². The molecule has 1 saturated heterocycles. The molecule has 106 valence electrons. The Hall–Kier alpha value is -0.530. The molecule has 1 atom stereocenters. The van der Waals surface area contributed by atoms with Crippen LogP contribution in [-0.4, -0.2) is 55.0 Å². The zero-order valence-corrected chi connectivity index (χ0v) is 12.6. The fourth-order valence-corrected chi connectivity index (χ4v) is 3.17. The van der Waals surface area contributed by atoms with E-state index in [-0.39, 0.29) is 25.7 Å². The zero-order valence-electron chi connectivity index (χ0n) is 11.0. The minimum Gasteiger partial charge on any atom is -0.444 e. The van der Waals surface area contributed by atoms with Crippen LogP contribution < -0.4 is 0 Å². The van der Waals surface area contributed by atoms with Crippen molar-refractivity contribution < 1.29 is 17.9 Å². The van der Waals surface area contributed by atoms with Crippen LogP contribution in [0, 0.1) is 0 Å². The highest BCUT2D eigenvalue weighted by Crippen LogP contribution is 2.18. The first-order valence-corrected chi connectivity index (χ1v) is 7.96. The van der Waals surface area contributed by atoms with Crippen molar-refractivity contribution in [2.45, 2.75) is 39.3 Å². The van der Waals surface area contributed by atoms with Crippen molar-refractivity contribution in [3.63, 3.8) is 0 Å². The van der Waals surface area contributed by atoms with E-state index in [1.165, 1.54) is 9.21 Å². The predicted molar refractivity (Wildman–Crippen MR) is 68.7 cm³/mol. The molecule has 1 heterocycles. The molecule has 0 aromatic heterocycles. The summed E-state index contributed by atoms with van der Waals surface area (Å²) in [6.45, 7) is 7.81. The van der Waals surface area contributed by atoms with Crippen molar-refractivity contribution in [3.8, 4) is 0 Å². The minimum atomic E-state index is -3.73. The third-order valence-electron chi connectivity index (χ3n) is 2.50. The van der Waals surface area contributed by atoms with Crippen LogP contribution in [0.1, 0.15) is 27.7 Å². The second-order valence-corrected chi connectivity index (χ2v) is 7.79. The largest absolute Gasteiger partial charge is 0.444 e. The van der Waals surface area contributed by atoms with E-state index >= 15 is 0 Å². The van der Waals surface area contributed by atoms with Crippen LogP contribution in [0.2, 0.25) is 0 Å². The summed E-state index contributed by atoms with van der Waals surface area (Å²) in [6.07, 6.45) is -0.430. The zero-order chi connectivity index (χ0) is 14.1. The van der Waals surface area contributed by atoms with Gasteiger partial charge >= 0.3 is 6.09 Å². The van der Waals surface area contributed by atoms with Crippen LogP contribution in [-0.2, 0) is 14.0 Å². The highest BCUT2D eigenvalue weighted by Gasteiger charge is 2.34. The summed E-state index contributed by atoms with van der Waals surface area (Å²) < 4.78 is 28.9. The van der Waals surface area contributed by atoms with Crippen molar-refractivity contribution in [1.82, 2.24) is 9.21 Å². The molecule has 0 N–H and O–H groups in total. The van der Waals surface area contributed by atoms with Crippen LogP contribution in [0.15, 0.2) is 0 Å². The van der Waals surface area contributed by atoms with Crippen molar-refractivity contribution in [2.75, 3.05) is 19.6 Å². The fraction of sp³-hybridized carbons (Fsp3) is 0.900. The Morgan fingerprint density at radius 1 is 1.33 bits per heavy atom. The molecule has 1 rings (SSSR count). The van der Waals surface area contributed by atoms with Gasteiger partial charge in [0.1, 0.15) is 5.60 Å². The van der Waals surface area contributed by atoms with E-state index in [0.717, 1.165) is 0 Å². The molecule has 0 aromatic rings. The van der Waals surface area contributed by atoms with Gasteiger partial charge in [-0.05, 0) is 27.7 Å². The topological polar surface area (TPSA) is 66.9 Å². The lowest BCUT2D eigenvalue weighted by atomic mass is 10.2. The van der Waals surface area contributed by atoms with E-state index < -0.39 is 20.9 Å². The molecule has 0 bridgehead atoms. The maximum Gasteiger partial charge on any atom is 0.410 e. The number of amides is 1. The van der Waals surface area contributed by atoms with Gasteiger partial charge in [0.2, 0.25) is 0 Å². The van der Waals surface area contributed by atoms with Crippen LogP contribution in [0.5, 0.6) is 0 Å². The standard InChI is InChI=1S/C10H19ClN2O4S/c1-8-7-12(9(14)17-10(2,3)4)5-6-13(8)18(11,15)16/h8H,5-7H2,1-4H3/t8-/m1/s1. The van der Waals surface area contributed by atoms with E-state index in [0.29, 0.717) is 0 Å². The van der Waals surface area contributed by atoms with E-state index in [4.69, 9.17) is 15.4 Å². The Morgan fingerprint density at radius 2 is 1.89 bits per heavy atom. The lowest BCUT2D eigenvalue weighted by molar-refractivity contribution is 0.0145. The Morgan fingerprint density at radius 3 is 2.28 bits per heavy atom. The molecule has 1 fully saturated rings. The monoisotopic (exact) mass is 298 g/mol. The van der Waals surface area contributed by atoms with Gasteiger partial charge in [-0.15, -0.1) is 0 Å². The Labute approximate surface area is 112 Å². The molecular weight excluding hydrogens is 280 g/mol. The summed E-state index contributed by atoms with van der Waals surface area (Å²) in [7, 11) is 1.57. The molecule has 0 saturated carbocycles. The van der Waals surface area contributed by atoms with Crippen LogP contribution in [0.4, 0.5) is 4.79 Å². The van der Waals surface area contributed by atoms with E-state index in [9.17, 15) is 13.2 Å². The average molecular weight is 299 g/mol. The summed E-state index contributed by atoms with van der Waals surface area (Å²) in [5.41, 5.74) is -0.560. The quantitative estimate of drug-likeness (QED) is 0.687. The number of hydrogen-bond acceptors (Lipinski definition) is 4. The van der Waals surface area contributed by atoms with Gasteiger partial charge in [-0.2, -0.15) is 12.7 Å². The smallest absolute Gasteiger partial charge is 0.410 e. The molecular formula is C10H19ClN2O4S. The molecule has 1 aliphatic heterocycles. The van der Waals surface area contributed by atoms with E-state index in [1.807, 2.05) is 0 Å². The van der Waals surface area contributed by atoms with Gasteiger partial charge < -0.3 is 9.64 Å². The van der Waals surface area contributed by atoms with Crippen molar-refractivity contribution >= 4 is 26.0 Å². The van der Waals surface area contributed by atoms with Gasteiger partial charge in [0.25, 0.3) is 9.24 Å². The van der Waals surface area contributed by atoms with Gasteiger partial charge in [-0.3, -0.25) is 0 Å². The van der Waals surface area contributed by atoms with E-state index in [2.05, 4.69) is 0 Å². The van der Waals surface area contributed by atoms with Crippen molar-refractivity contribution in [2.24, 2.45) is 0 Å². The number of nitrogens with zero attached hydrogens (tertiary/aromatic N) is 2. The molecule has 0 spiro atoms. The summed E-state index contributed by atoms with van der Waals surface area (Å²) in [5, 5.41) is 0. The lowest BCUT2D eigenvalue weighted by Crippen LogP contribution is -2.55. The molecule has 0 aromatic carbocycles. The number of halogens is 1. The molecule has 18 heavy (non-hydrogen) atoms. The van der Waals surface area contributed by atoms with Crippen LogP contribution in [0.3, 0.4) is 0 Å². The summed E-state index contributed by atoms with van der Waals surface area (Å²) in [6, 6.07) is -0.353. The summed E-state index contributed by atoms with van der Waals surface area (Å²) >= 11 is 0. The fourth-order valence-electron chi connectivity index (χ4n) is 1.76. The predicted octanol–water partition coefficient (Wildman–Crippen LogP) is 1.41. The Bertz CT molecular complexity index is 418. The normalized spacial score (nSPS) is 22.9. The number of carbonyl (C=O) groups excluding carboxylic acids is 1. The Kier molecular flexibility index (Phi) is 4.51. The first kappa shape index (κ1) is 15.5. The van der Waals surface area contributed by atoms with Gasteiger partial charge in [-0.1, -0.05) is 0 Å². The third-order valence-corrected chi connectivity index (χ3v) is 4.13. The highest BCUT2D eigenvalue weighted by molar-refractivity contribution is 8.11. The van der Waals surface area contributed by atoms with Gasteiger partial charge in [-0.25, -0.2) is 4.79 Å². The molecule has 0 radical (unpaired) electrons. The maximum absolute atomic E-state index is 11.8. The molecule has 1 amide bonds. The second kappa shape index (κ2) is 5.22. The summed E-state index contributed by atoms with van der Waals surface area (Å²) in [5.74, 6) is 0. The van der Waals surface area contributed by atoms with Gasteiger partial charge in [0.05, 0.1) is 0 Å². The molecule has 0 aliphatic carbocycles. The van der Waals surface area contributed by atoms with Gasteiger partial charge in [0.15, 0.2) is 0 Å². The lowest BCUT2D eigenvalue weighted by Gasteiger charge is -2.37. The SMILES string of the molecule is C[C@@H]1CN(C(=O)OC(C)(C)C)CCN1S(=O)(=O)Cl. The first-order valence-electron chi connectivity index (χ1n) is 5.70. The summed E-state index contributed by atoms with van der Waals surface area (Å²) in [4.78, 5) is 13.3. The van der Waals surface area contributed by atoms with Crippen molar-refractivity contribution in [1.29, 1.82) is 0 Å². The molecule has 6 nitrogen and oxygen atoms in total. The van der Waals surface area contributed by atoms with Crippen LogP contribution >= 0.6 is 10.7 Å². The van der Waals surface area contributed by atoms with Crippen molar-refractivity contribution in [3.05, 3.63) is 0 Å². The van der Waals surface area contributed by atoms with E-state index in [1.54, 1.807) is 27.7 Å². The molecule has 8 heteroatoms.